The first-order valence-electron chi connectivity index (χ1n) is 12.0. The summed E-state index contributed by atoms with van der Waals surface area (Å²) in [5.41, 5.74) is 0.732. The molecule has 190 valence electrons. The van der Waals surface area contributed by atoms with Gasteiger partial charge in [-0.05, 0) is 49.4 Å². The molecule has 1 spiro atoms. The van der Waals surface area contributed by atoms with Gasteiger partial charge in [-0.3, -0.25) is 14.7 Å². The first-order chi connectivity index (χ1) is 16.6. The van der Waals surface area contributed by atoms with E-state index in [-0.39, 0.29) is 46.9 Å². The highest BCUT2D eigenvalue weighted by Gasteiger charge is 2.51. The first-order valence-corrected chi connectivity index (χ1v) is 13.8. The van der Waals surface area contributed by atoms with Crippen LogP contribution in [0.4, 0.5) is 5.82 Å². The van der Waals surface area contributed by atoms with Crippen LogP contribution < -0.4 is 10.0 Å². The summed E-state index contributed by atoms with van der Waals surface area (Å²) in [7, 11) is -3.71. The van der Waals surface area contributed by atoms with Crippen LogP contribution in [0, 0.1) is 11.3 Å². The third-order valence-electron chi connectivity index (χ3n) is 7.25. The molecule has 1 aliphatic carbocycles. The van der Waals surface area contributed by atoms with Crippen LogP contribution in [0.1, 0.15) is 57.4 Å². The van der Waals surface area contributed by atoms with E-state index in [1.165, 1.54) is 24.3 Å². The predicted molar refractivity (Wildman–Crippen MR) is 134 cm³/mol. The fourth-order valence-corrected chi connectivity index (χ4v) is 6.49. The molecule has 2 aromatic rings. The lowest BCUT2D eigenvalue weighted by Gasteiger charge is -2.30. The quantitative estimate of drug-likeness (QED) is 0.490. The van der Waals surface area contributed by atoms with Gasteiger partial charge in [-0.2, -0.15) is 5.10 Å². The standard InChI is InChI=1S/C24H32ClN5O4S/c1-16(2)19-14-26-29-22(19)28-23(32)20-4-3-10-24(20)11-13-30(15-24)21(31)9-12-27-35(33,34)18-7-5-17(25)6-8-18/h5-8,14,16,20,27H,3-4,9-13,15H2,1-2H3,(H2,26,28,29,32). The SMILES string of the molecule is CC(C)c1cn[nH]c1NC(=O)C1CCCC12CCN(C(=O)CCNS(=O)(=O)c1ccc(Cl)cc1)C2. The van der Waals surface area contributed by atoms with Crippen molar-refractivity contribution in [3.8, 4) is 0 Å². The van der Waals surface area contributed by atoms with Gasteiger partial charge in [0.1, 0.15) is 5.82 Å². The van der Waals surface area contributed by atoms with E-state index in [2.05, 4.69) is 20.2 Å². The Morgan fingerprint density at radius 1 is 1.26 bits per heavy atom. The average molecular weight is 522 g/mol. The number of carbonyl (C=O) groups excluding carboxylic acids is 2. The summed E-state index contributed by atoms with van der Waals surface area (Å²) in [5.74, 6) is 0.567. The highest BCUT2D eigenvalue weighted by molar-refractivity contribution is 7.89. The molecule has 1 aromatic heterocycles. The second-order valence-electron chi connectivity index (χ2n) is 9.82. The molecule has 9 nitrogen and oxygen atoms in total. The molecule has 2 unspecified atom stereocenters. The van der Waals surface area contributed by atoms with E-state index < -0.39 is 10.0 Å². The number of sulfonamides is 1. The number of likely N-dealkylation sites (tertiary alicyclic amines) is 1. The number of rotatable bonds is 8. The Bertz CT molecular complexity index is 1180. The van der Waals surface area contributed by atoms with Crippen molar-refractivity contribution in [3.63, 3.8) is 0 Å². The highest BCUT2D eigenvalue weighted by atomic mass is 35.5. The molecule has 1 aromatic carbocycles. The minimum absolute atomic E-state index is 0.00894. The topological polar surface area (TPSA) is 124 Å². The second-order valence-corrected chi connectivity index (χ2v) is 12.0. The van der Waals surface area contributed by atoms with Gasteiger partial charge in [0.15, 0.2) is 0 Å². The molecule has 11 heteroatoms. The first kappa shape index (κ1) is 25.7. The van der Waals surface area contributed by atoms with Crippen molar-refractivity contribution in [3.05, 3.63) is 41.0 Å². The lowest BCUT2D eigenvalue weighted by Crippen LogP contribution is -2.39. The molecule has 0 radical (unpaired) electrons. The molecule has 4 rings (SSSR count). The molecule has 1 saturated carbocycles. The van der Waals surface area contributed by atoms with E-state index in [9.17, 15) is 18.0 Å². The maximum absolute atomic E-state index is 13.2. The van der Waals surface area contributed by atoms with Gasteiger partial charge in [0.25, 0.3) is 0 Å². The van der Waals surface area contributed by atoms with E-state index >= 15 is 0 Å². The lowest BCUT2D eigenvalue weighted by molar-refractivity contribution is -0.131. The molecule has 2 heterocycles. The van der Waals surface area contributed by atoms with Crippen molar-refractivity contribution >= 4 is 39.3 Å². The van der Waals surface area contributed by atoms with Gasteiger partial charge < -0.3 is 10.2 Å². The van der Waals surface area contributed by atoms with Crippen LogP contribution in [0.15, 0.2) is 35.4 Å². The Kier molecular flexibility index (Phi) is 7.54. The minimum atomic E-state index is -3.71. The monoisotopic (exact) mass is 521 g/mol. The van der Waals surface area contributed by atoms with Crippen molar-refractivity contribution < 1.29 is 18.0 Å². The number of nitrogens with one attached hydrogen (secondary N) is 3. The molecule has 2 aliphatic rings. The zero-order valence-electron chi connectivity index (χ0n) is 20.0. The van der Waals surface area contributed by atoms with Crippen molar-refractivity contribution in [2.24, 2.45) is 11.3 Å². The van der Waals surface area contributed by atoms with E-state index in [0.717, 1.165) is 31.2 Å². The summed E-state index contributed by atoms with van der Waals surface area (Å²) in [5, 5.41) is 10.4. The lowest BCUT2D eigenvalue weighted by atomic mass is 9.76. The Morgan fingerprint density at radius 2 is 2.00 bits per heavy atom. The Morgan fingerprint density at radius 3 is 2.71 bits per heavy atom. The molecular weight excluding hydrogens is 490 g/mol. The molecule has 2 atom stereocenters. The Hall–Kier alpha value is -2.43. The van der Waals surface area contributed by atoms with Crippen molar-refractivity contribution in [2.45, 2.75) is 56.8 Å². The summed E-state index contributed by atoms with van der Waals surface area (Å²) in [6.07, 6.45) is 5.21. The van der Waals surface area contributed by atoms with Gasteiger partial charge >= 0.3 is 0 Å². The summed E-state index contributed by atoms with van der Waals surface area (Å²) >= 11 is 5.82. The molecule has 3 N–H and O–H groups in total. The number of hydrogen-bond acceptors (Lipinski definition) is 5. The normalized spacial score (nSPS) is 22.3. The Balaban J connectivity index is 1.33. The van der Waals surface area contributed by atoms with Gasteiger partial charge in [-0.15, -0.1) is 0 Å². The smallest absolute Gasteiger partial charge is 0.240 e. The zero-order valence-corrected chi connectivity index (χ0v) is 21.6. The summed E-state index contributed by atoms with van der Waals surface area (Å²) in [6, 6.07) is 5.87. The molecule has 2 fully saturated rings. The maximum atomic E-state index is 13.2. The fraction of sp³-hybridized carbons (Fsp3) is 0.542. The van der Waals surface area contributed by atoms with Gasteiger partial charge in [0, 0.05) is 48.0 Å². The van der Waals surface area contributed by atoms with Crippen LogP contribution in [0.5, 0.6) is 0 Å². The molecule has 1 aliphatic heterocycles. The van der Waals surface area contributed by atoms with Crippen LogP contribution in [-0.2, 0) is 19.6 Å². The van der Waals surface area contributed by atoms with Gasteiger partial charge in [0.05, 0.1) is 11.1 Å². The minimum Gasteiger partial charge on any atom is -0.342 e. The number of aromatic nitrogens is 2. The number of anilines is 1. The average Bonchev–Trinajstić information content (AvgIpc) is 3.54. The largest absolute Gasteiger partial charge is 0.342 e. The van der Waals surface area contributed by atoms with Crippen LogP contribution >= 0.6 is 11.6 Å². The molecule has 35 heavy (non-hydrogen) atoms. The summed E-state index contributed by atoms with van der Waals surface area (Å²) in [4.78, 5) is 28.0. The van der Waals surface area contributed by atoms with E-state index in [4.69, 9.17) is 11.6 Å². The third-order valence-corrected chi connectivity index (χ3v) is 8.98. The molecular formula is C24H32ClN5O4S. The van der Waals surface area contributed by atoms with Crippen LogP contribution in [0.25, 0.3) is 0 Å². The highest BCUT2D eigenvalue weighted by Crippen LogP contribution is 2.50. The Labute approximate surface area is 211 Å². The van der Waals surface area contributed by atoms with Crippen LogP contribution in [0.2, 0.25) is 5.02 Å². The van der Waals surface area contributed by atoms with E-state index in [1.807, 2.05) is 13.8 Å². The number of benzene rings is 1. The number of amides is 2. The molecule has 1 saturated heterocycles. The van der Waals surface area contributed by atoms with E-state index in [0.29, 0.717) is 23.9 Å². The number of carbonyl (C=O) groups is 2. The number of aromatic amines is 1. The van der Waals surface area contributed by atoms with Gasteiger partial charge in [-0.25, -0.2) is 13.1 Å². The number of H-pyrrole nitrogens is 1. The van der Waals surface area contributed by atoms with Gasteiger partial charge in [-0.1, -0.05) is 31.9 Å². The summed E-state index contributed by atoms with van der Waals surface area (Å²) < 4.78 is 27.4. The van der Waals surface area contributed by atoms with Crippen molar-refractivity contribution in [1.29, 1.82) is 0 Å². The van der Waals surface area contributed by atoms with Crippen LogP contribution in [0.3, 0.4) is 0 Å². The van der Waals surface area contributed by atoms with E-state index in [1.54, 1.807) is 11.1 Å². The zero-order chi connectivity index (χ0) is 25.2. The summed E-state index contributed by atoms with van der Waals surface area (Å²) in [6.45, 7) is 5.21. The van der Waals surface area contributed by atoms with Crippen molar-refractivity contribution in [2.75, 3.05) is 25.0 Å². The van der Waals surface area contributed by atoms with Crippen molar-refractivity contribution in [1.82, 2.24) is 19.8 Å². The predicted octanol–water partition coefficient (Wildman–Crippen LogP) is 3.51. The van der Waals surface area contributed by atoms with Crippen LogP contribution in [-0.4, -0.2) is 55.0 Å². The number of nitrogens with zero attached hydrogens (tertiary/aromatic N) is 2. The third kappa shape index (κ3) is 5.54. The molecule has 2 amide bonds. The molecule has 0 bridgehead atoms. The van der Waals surface area contributed by atoms with Gasteiger partial charge in [0.2, 0.25) is 21.8 Å². The maximum Gasteiger partial charge on any atom is 0.240 e. The second kappa shape index (κ2) is 10.3. The number of halogens is 1. The fourth-order valence-electron chi connectivity index (χ4n) is 5.34. The number of hydrogen-bond donors (Lipinski definition) is 3.